The van der Waals surface area contributed by atoms with Crippen LogP contribution in [-0.4, -0.2) is 23.6 Å². The number of halogens is 1. The van der Waals surface area contributed by atoms with Crippen molar-refractivity contribution >= 4 is 39.5 Å². The van der Waals surface area contributed by atoms with Gasteiger partial charge in [-0.3, -0.25) is 9.59 Å². The third kappa shape index (κ3) is 4.74. The van der Waals surface area contributed by atoms with Crippen molar-refractivity contribution in [2.75, 3.05) is 5.75 Å². The molecular formula is C21H23BrN2O2S. The van der Waals surface area contributed by atoms with E-state index >= 15 is 0 Å². The fourth-order valence-corrected chi connectivity index (χ4v) is 4.74. The van der Waals surface area contributed by atoms with Crippen LogP contribution in [0.4, 0.5) is 0 Å². The molecule has 0 bridgehead atoms. The summed E-state index contributed by atoms with van der Waals surface area (Å²) >= 11 is 5.21. The van der Waals surface area contributed by atoms with Gasteiger partial charge >= 0.3 is 0 Å². The van der Waals surface area contributed by atoms with E-state index in [2.05, 4.69) is 38.7 Å². The highest BCUT2D eigenvalue weighted by atomic mass is 79.9. The molecule has 0 spiro atoms. The van der Waals surface area contributed by atoms with E-state index in [9.17, 15) is 9.59 Å². The lowest BCUT2D eigenvalue weighted by molar-refractivity contribution is -0.124. The van der Waals surface area contributed by atoms with Gasteiger partial charge in [-0.15, -0.1) is 11.8 Å². The highest BCUT2D eigenvalue weighted by Crippen LogP contribution is 2.35. The summed E-state index contributed by atoms with van der Waals surface area (Å²) in [7, 11) is 0. The molecule has 1 aliphatic rings. The summed E-state index contributed by atoms with van der Waals surface area (Å²) in [5.41, 5.74) is 1.68. The second-order valence-corrected chi connectivity index (χ2v) is 8.90. The third-order valence-electron chi connectivity index (χ3n) is 4.63. The first-order valence-electron chi connectivity index (χ1n) is 9.05. The van der Waals surface area contributed by atoms with Gasteiger partial charge in [0, 0.05) is 15.1 Å². The van der Waals surface area contributed by atoms with Crippen molar-refractivity contribution in [2.45, 2.75) is 37.2 Å². The van der Waals surface area contributed by atoms with E-state index in [1.165, 1.54) is 4.90 Å². The summed E-state index contributed by atoms with van der Waals surface area (Å²) in [4.78, 5) is 26.8. The van der Waals surface area contributed by atoms with E-state index in [1.807, 2.05) is 49.9 Å². The SMILES string of the molecule is CC(C)[C@H](NC(=O)c1ccccc1Br)C(=O)N[C@@H]1CCSc2ccccc21. The van der Waals surface area contributed by atoms with Crippen LogP contribution < -0.4 is 10.6 Å². The van der Waals surface area contributed by atoms with Crippen LogP contribution in [-0.2, 0) is 4.79 Å². The normalized spacial score (nSPS) is 17.1. The molecule has 0 saturated carbocycles. The van der Waals surface area contributed by atoms with E-state index in [0.29, 0.717) is 10.0 Å². The number of carbonyl (C=O) groups excluding carboxylic acids is 2. The highest BCUT2D eigenvalue weighted by molar-refractivity contribution is 9.10. The molecule has 2 aromatic rings. The number of hydrogen-bond acceptors (Lipinski definition) is 3. The first kappa shape index (κ1) is 20.0. The molecular weight excluding hydrogens is 424 g/mol. The summed E-state index contributed by atoms with van der Waals surface area (Å²) in [6, 6.07) is 14.8. The predicted octanol–water partition coefficient (Wildman–Crippen LogP) is 4.56. The molecule has 0 aromatic heterocycles. The number of carbonyl (C=O) groups is 2. The van der Waals surface area contributed by atoms with Gasteiger partial charge in [0.25, 0.3) is 5.91 Å². The maximum Gasteiger partial charge on any atom is 0.253 e. The number of amides is 2. The van der Waals surface area contributed by atoms with Crippen molar-refractivity contribution in [3.63, 3.8) is 0 Å². The second-order valence-electron chi connectivity index (χ2n) is 6.91. The topological polar surface area (TPSA) is 58.2 Å². The van der Waals surface area contributed by atoms with Crippen LogP contribution in [0.5, 0.6) is 0 Å². The molecule has 0 unspecified atom stereocenters. The zero-order valence-corrected chi connectivity index (χ0v) is 17.8. The molecule has 0 aliphatic carbocycles. The average molecular weight is 447 g/mol. The minimum atomic E-state index is -0.591. The summed E-state index contributed by atoms with van der Waals surface area (Å²) < 4.78 is 0.712. The van der Waals surface area contributed by atoms with E-state index in [-0.39, 0.29) is 23.8 Å². The fraction of sp³-hybridized carbons (Fsp3) is 0.333. The Morgan fingerprint density at radius 3 is 2.56 bits per heavy atom. The van der Waals surface area contributed by atoms with Crippen molar-refractivity contribution in [3.05, 3.63) is 64.1 Å². The molecule has 2 atom stereocenters. The van der Waals surface area contributed by atoms with Gasteiger partial charge in [-0.1, -0.05) is 44.2 Å². The fourth-order valence-electron chi connectivity index (χ4n) is 3.15. The first-order valence-corrected chi connectivity index (χ1v) is 10.8. The lowest BCUT2D eigenvalue weighted by atomic mass is 9.99. The minimum Gasteiger partial charge on any atom is -0.347 e. The lowest BCUT2D eigenvalue weighted by Gasteiger charge is -2.29. The van der Waals surface area contributed by atoms with Crippen LogP contribution in [0.2, 0.25) is 0 Å². The van der Waals surface area contributed by atoms with Gasteiger partial charge in [0.15, 0.2) is 0 Å². The van der Waals surface area contributed by atoms with Gasteiger partial charge in [0.05, 0.1) is 11.6 Å². The summed E-state index contributed by atoms with van der Waals surface area (Å²) in [5, 5.41) is 6.05. The van der Waals surface area contributed by atoms with Crippen LogP contribution in [0.15, 0.2) is 57.9 Å². The molecule has 6 heteroatoms. The highest BCUT2D eigenvalue weighted by Gasteiger charge is 2.29. The number of thioether (sulfide) groups is 1. The van der Waals surface area contributed by atoms with Crippen LogP contribution >= 0.6 is 27.7 Å². The summed E-state index contributed by atoms with van der Waals surface area (Å²) in [6.45, 7) is 3.88. The van der Waals surface area contributed by atoms with Gasteiger partial charge in [-0.25, -0.2) is 0 Å². The van der Waals surface area contributed by atoms with Gasteiger partial charge in [-0.2, -0.15) is 0 Å². The molecule has 1 aliphatic heterocycles. The van der Waals surface area contributed by atoms with Crippen molar-refractivity contribution in [3.8, 4) is 0 Å². The Hall–Kier alpha value is -1.79. The van der Waals surface area contributed by atoms with Gasteiger partial charge < -0.3 is 10.6 Å². The van der Waals surface area contributed by atoms with E-state index in [1.54, 1.807) is 12.1 Å². The van der Waals surface area contributed by atoms with Gasteiger partial charge in [-0.05, 0) is 52.0 Å². The molecule has 0 radical (unpaired) electrons. The molecule has 2 amide bonds. The molecule has 2 N–H and O–H groups in total. The number of hydrogen-bond donors (Lipinski definition) is 2. The molecule has 27 heavy (non-hydrogen) atoms. The second kappa shape index (κ2) is 8.93. The van der Waals surface area contributed by atoms with E-state index in [4.69, 9.17) is 0 Å². The van der Waals surface area contributed by atoms with Crippen LogP contribution in [0.25, 0.3) is 0 Å². The van der Waals surface area contributed by atoms with E-state index < -0.39 is 6.04 Å². The molecule has 0 fully saturated rings. The molecule has 0 saturated heterocycles. The van der Waals surface area contributed by atoms with Crippen LogP contribution in [0, 0.1) is 5.92 Å². The Labute approximate surface area is 172 Å². The van der Waals surface area contributed by atoms with Crippen molar-refractivity contribution in [2.24, 2.45) is 5.92 Å². The average Bonchev–Trinajstić information content (AvgIpc) is 2.66. The zero-order chi connectivity index (χ0) is 19.4. The first-order chi connectivity index (χ1) is 13.0. The number of rotatable bonds is 5. The van der Waals surface area contributed by atoms with Crippen molar-refractivity contribution in [1.82, 2.24) is 10.6 Å². The maximum atomic E-state index is 13.0. The van der Waals surface area contributed by atoms with Crippen LogP contribution in [0.1, 0.15) is 42.2 Å². The largest absolute Gasteiger partial charge is 0.347 e. The van der Waals surface area contributed by atoms with E-state index in [0.717, 1.165) is 17.7 Å². The zero-order valence-electron chi connectivity index (χ0n) is 15.4. The Morgan fingerprint density at radius 1 is 1.11 bits per heavy atom. The Balaban J connectivity index is 1.73. The molecule has 3 rings (SSSR count). The Bertz CT molecular complexity index is 840. The Kier molecular flexibility index (Phi) is 6.60. The maximum absolute atomic E-state index is 13.0. The molecule has 2 aromatic carbocycles. The number of fused-ring (bicyclic) bond motifs is 1. The lowest BCUT2D eigenvalue weighted by Crippen LogP contribution is -2.50. The predicted molar refractivity (Wildman–Crippen MR) is 113 cm³/mol. The number of nitrogens with one attached hydrogen (secondary N) is 2. The molecule has 1 heterocycles. The summed E-state index contributed by atoms with van der Waals surface area (Å²) in [5.74, 6) is 0.551. The van der Waals surface area contributed by atoms with Gasteiger partial charge in [0.2, 0.25) is 5.91 Å². The standard InChI is InChI=1S/C21H23BrN2O2S/c1-13(2)19(24-20(25)14-7-3-5-9-16(14)22)21(26)23-17-11-12-27-18-10-6-4-8-15(17)18/h3-10,13,17,19H,11-12H2,1-2H3,(H,23,26)(H,24,25)/t17-,19+/m1/s1. The quantitative estimate of drug-likeness (QED) is 0.707. The minimum absolute atomic E-state index is 0.0171. The molecule has 142 valence electrons. The van der Waals surface area contributed by atoms with Crippen molar-refractivity contribution in [1.29, 1.82) is 0 Å². The van der Waals surface area contributed by atoms with Crippen LogP contribution in [0.3, 0.4) is 0 Å². The number of benzene rings is 2. The van der Waals surface area contributed by atoms with Gasteiger partial charge in [0.1, 0.15) is 6.04 Å². The van der Waals surface area contributed by atoms with Crippen molar-refractivity contribution < 1.29 is 9.59 Å². The summed E-state index contributed by atoms with van der Waals surface area (Å²) in [6.07, 6.45) is 0.885. The Morgan fingerprint density at radius 2 is 1.81 bits per heavy atom. The smallest absolute Gasteiger partial charge is 0.253 e. The molecule has 4 nitrogen and oxygen atoms in total. The monoisotopic (exact) mass is 446 g/mol. The third-order valence-corrected chi connectivity index (χ3v) is 6.44.